The molecule has 6 heteroatoms. The highest BCUT2D eigenvalue weighted by molar-refractivity contribution is 7.91. The van der Waals surface area contributed by atoms with Crippen molar-refractivity contribution in [1.29, 1.82) is 0 Å². The summed E-state index contributed by atoms with van der Waals surface area (Å²) in [6, 6.07) is 5.10. The Labute approximate surface area is 107 Å². The number of benzene rings is 1. The molecule has 0 aliphatic rings. The predicted molar refractivity (Wildman–Crippen MR) is 69.2 cm³/mol. The third kappa shape index (κ3) is 4.53. The van der Waals surface area contributed by atoms with E-state index in [0.717, 1.165) is 5.56 Å². The highest BCUT2D eigenvalue weighted by Gasteiger charge is 2.09. The maximum absolute atomic E-state index is 11.3. The summed E-state index contributed by atoms with van der Waals surface area (Å²) >= 11 is 5.82. The van der Waals surface area contributed by atoms with E-state index in [4.69, 9.17) is 22.1 Å². The normalized spacial score (nSPS) is 11.5. The molecule has 96 valence electrons. The van der Waals surface area contributed by atoms with Crippen LogP contribution in [0.25, 0.3) is 0 Å². The van der Waals surface area contributed by atoms with E-state index in [-0.39, 0.29) is 18.1 Å². The van der Waals surface area contributed by atoms with Gasteiger partial charge in [-0.3, -0.25) is 0 Å². The molecule has 0 atom stereocenters. The zero-order valence-corrected chi connectivity index (χ0v) is 11.2. The van der Waals surface area contributed by atoms with Gasteiger partial charge in [0.05, 0.1) is 5.75 Å². The van der Waals surface area contributed by atoms with Gasteiger partial charge in [-0.15, -0.1) is 0 Å². The van der Waals surface area contributed by atoms with Crippen LogP contribution in [-0.2, 0) is 16.4 Å². The van der Waals surface area contributed by atoms with Gasteiger partial charge in [-0.05, 0) is 18.2 Å². The average molecular weight is 278 g/mol. The lowest BCUT2D eigenvalue weighted by atomic mass is 10.2. The molecule has 0 fully saturated rings. The van der Waals surface area contributed by atoms with E-state index in [2.05, 4.69) is 0 Å². The van der Waals surface area contributed by atoms with Gasteiger partial charge in [-0.25, -0.2) is 8.42 Å². The van der Waals surface area contributed by atoms with Gasteiger partial charge in [0, 0.05) is 22.9 Å². The van der Waals surface area contributed by atoms with E-state index >= 15 is 0 Å². The first kappa shape index (κ1) is 14.3. The molecule has 17 heavy (non-hydrogen) atoms. The van der Waals surface area contributed by atoms with E-state index in [1.54, 1.807) is 25.1 Å². The summed E-state index contributed by atoms with van der Waals surface area (Å²) < 4.78 is 27.9. The number of rotatable bonds is 6. The third-order valence-corrected chi connectivity index (χ3v) is 4.24. The molecule has 0 radical (unpaired) electrons. The topological polar surface area (TPSA) is 69.4 Å². The van der Waals surface area contributed by atoms with Gasteiger partial charge in [0.25, 0.3) is 0 Å². The lowest BCUT2D eigenvalue weighted by Crippen LogP contribution is -2.16. The van der Waals surface area contributed by atoms with Crippen molar-refractivity contribution in [2.24, 2.45) is 5.73 Å². The second-order valence-corrected chi connectivity index (χ2v) is 6.45. The van der Waals surface area contributed by atoms with E-state index in [0.29, 0.717) is 17.3 Å². The first-order chi connectivity index (χ1) is 7.98. The van der Waals surface area contributed by atoms with Crippen LogP contribution in [0.5, 0.6) is 5.75 Å². The summed E-state index contributed by atoms with van der Waals surface area (Å²) in [7, 11) is -3.00. The van der Waals surface area contributed by atoms with E-state index in [1.165, 1.54) is 0 Å². The standard InChI is InChI=1S/C11H16ClNO3S/c1-2-17(14,15)6-5-16-11-4-3-10(12)7-9(11)8-13/h3-4,7H,2,5-6,8,13H2,1H3. The van der Waals surface area contributed by atoms with E-state index in [9.17, 15) is 8.42 Å². The summed E-state index contributed by atoms with van der Waals surface area (Å²) in [4.78, 5) is 0. The minimum Gasteiger partial charge on any atom is -0.492 e. The highest BCUT2D eigenvalue weighted by atomic mass is 35.5. The summed E-state index contributed by atoms with van der Waals surface area (Å²) in [5, 5.41) is 0.582. The maximum atomic E-state index is 11.3. The SMILES string of the molecule is CCS(=O)(=O)CCOc1ccc(Cl)cc1CN. The predicted octanol–water partition coefficient (Wildman–Crippen LogP) is 1.61. The maximum Gasteiger partial charge on any atom is 0.153 e. The van der Waals surface area contributed by atoms with Crippen LogP contribution in [0.1, 0.15) is 12.5 Å². The van der Waals surface area contributed by atoms with Gasteiger partial charge in [-0.2, -0.15) is 0 Å². The average Bonchev–Trinajstić information content (AvgIpc) is 2.30. The highest BCUT2D eigenvalue weighted by Crippen LogP contribution is 2.22. The molecule has 0 bridgehead atoms. The molecule has 0 aliphatic heterocycles. The van der Waals surface area contributed by atoms with Crippen LogP contribution in [0.4, 0.5) is 0 Å². The smallest absolute Gasteiger partial charge is 0.153 e. The molecule has 0 saturated heterocycles. The van der Waals surface area contributed by atoms with Crippen molar-refractivity contribution < 1.29 is 13.2 Å². The van der Waals surface area contributed by atoms with Crippen LogP contribution in [0.3, 0.4) is 0 Å². The number of hydrogen-bond donors (Lipinski definition) is 1. The van der Waals surface area contributed by atoms with E-state index in [1.807, 2.05) is 0 Å². The fourth-order valence-corrected chi connectivity index (χ4v) is 2.09. The molecule has 0 aromatic heterocycles. The largest absolute Gasteiger partial charge is 0.492 e. The van der Waals surface area contributed by atoms with Gasteiger partial charge in [0.15, 0.2) is 9.84 Å². The lowest BCUT2D eigenvalue weighted by Gasteiger charge is -2.10. The molecule has 0 aliphatic carbocycles. The Hall–Kier alpha value is -0.780. The number of sulfone groups is 1. The number of nitrogens with two attached hydrogens (primary N) is 1. The van der Waals surface area contributed by atoms with Gasteiger partial charge in [0.2, 0.25) is 0 Å². The second-order valence-electron chi connectivity index (χ2n) is 3.54. The zero-order chi connectivity index (χ0) is 12.9. The Morgan fingerprint density at radius 3 is 2.71 bits per heavy atom. The van der Waals surface area contributed by atoms with Crippen molar-refractivity contribution in [2.75, 3.05) is 18.1 Å². The minimum absolute atomic E-state index is 0.0101. The summed E-state index contributed by atoms with van der Waals surface area (Å²) in [5.74, 6) is 0.722. The van der Waals surface area contributed by atoms with Crippen molar-refractivity contribution >= 4 is 21.4 Å². The van der Waals surface area contributed by atoms with Gasteiger partial charge < -0.3 is 10.5 Å². The molecular weight excluding hydrogens is 262 g/mol. The Bertz CT molecular complexity index is 474. The molecule has 0 amide bonds. The quantitative estimate of drug-likeness (QED) is 0.858. The number of halogens is 1. The molecule has 1 aromatic rings. The van der Waals surface area contributed by atoms with Crippen molar-refractivity contribution in [3.63, 3.8) is 0 Å². The Morgan fingerprint density at radius 2 is 2.12 bits per heavy atom. The van der Waals surface area contributed by atoms with Crippen molar-refractivity contribution in [3.05, 3.63) is 28.8 Å². The van der Waals surface area contributed by atoms with E-state index < -0.39 is 9.84 Å². The second kappa shape index (κ2) is 6.23. The summed E-state index contributed by atoms with van der Waals surface area (Å²) in [6.45, 7) is 2.05. The molecule has 0 unspecified atom stereocenters. The molecule has 1 rings (SSSR count). The van der Waals surface area contributed by atoms with Crippen molar-refractivity contribution in [3.8, 4) is 5.75 Å². The first-order valence-electron chi connectivity index (χ1n) is 5.30. The van der Waals surface area contributed by atoms with Gasteiger partial charge in [0.1, 0.15) is 12.4 Å². The van der Waals surface area contributed by atoms with Crippen LogP contribution in [0.15, 0.2) is 18.2 Å². The summed E-state index contributed by atoms with van der Waals surface area (Å²) in [6.07, 6.45) is 0. The van der Waals surface area contributed by atoms with Crippen LogP contribution in [0.2, 0.25) is 5.02 Å². The van der Waals surface area contributed by atoms with Crippen molar-refractivity contribution in [1.82, 2.24) is 0 Å². The Kier molecular flexibility index (Phi) is 5.24. The first-order valence-corrected chi connectivity index (χ1v) is 7.50. The van der Waals surface area contributed by atoms with Crippen LogP contribution >= 0.6 is 11.6 Å². The molecule has 0 saturated carbocycles. The molecule has 2 N–H and O–H groups in total. The molecule has 4 nitrogen and oxygen atoms in total. The van der Waals surface area contributed by atoms with Gasteiger partial charge in [-0.1, -0.05) is 18.5 Å². The third-order valence-electron chi connectivity index (χ3n) is 2.33. The fraction of sp³-hybridized carbons (Fsp3) is 0.455. The number of hydrogen-bond acceptors (Lipinski definition) is 4. The van der Waals surface area contributed by atoms with Crippen LogP contribution < -0.4 is 10.5 Å². The molecule has 0 heterocycles. The zero-order valence-electron chi connectivity index (χ0n) is 9.65. The Balaban J connectivity index is 2.64. The number of ether oxygens (including phenoxy) is 1. The van der Waals surface area contributed by atoms with Crippen LogP contribution in [0, 0.1) is 0 Å². The Morgan fingerprint density at radius 1 is 1.41 bits per heavy atom. The van der Waals surface area contributed by atoms with Crippen molar-refractivity contribution in [2.45, 2.75) is 13.5 Å². The molecule has 1 aromatic carbocycles. The summed E-state index contributed by atoms with van der Waals surface area (Å²) in [5.41, 5.74) is 6.32. The molecular formula is C11H16ClNO3S. The minimum atomic E-state index is -3.00. The fourth-order valence-electron chi connectivity index (χ4n) is 1.27. The lowest BCUT2D eigenvalue weighted by molar-refractivity contribution is 0.337. The van der Waals surface area contributed by atoms with Gasteiger partial charge >= 0.3 is 0 Å². The molecule has 0 spiro atoms. The monoisotopic (exact) mass is 277 g/mol. The van der Waals surface area contributed by atoms with Crippen LogP contribution in [-0.4, -0.2) is 26.5 Å².